The van der Waals surface area contributed by atoms with Crippen LogP contribution in [0.15, 0.2) is 107 Å². The van der Waals surface area contributed by atoms with Crippen LogP contribution in [0.3, 0.4) is 0 Å². The molecule has 0 radical (unpaired) electrons. The Morgan fingerprint density at radius 1 is 0.478 bits per heavy atom. The van der Waals surface area contributed by atoms with E-state index in [1.165, 1.54) is 56.0 Å². The summed E-state index contributed by atoms with van der Waals surface area (Å²) in [5, 5.41) is 41.0. The van der Waals surface area contributed by atoms with Gasteiger partial charge in [-0.25, -0.2) is 9.59 Å². The normalized spacial score (nSPS) is 12.2. The molecule has 0 aromatic heterocycles. The lowest BCUT2D eigenvalue weighted by Crippen LogP contribution is -2.42. The number of carboxylic acid groups (broad SMARTS) is 3. The molecule has 1 heterocycles. The Balaban J connectivity index is 0.000000507. The first-order chi connectivity index (χ1) is 54.3. The summed E-state index contributed by atoms with van der Waals surface area (Å²) in [4.78, 5) is 98.6. The summed E-state index contributed by atoms with van der Waals surface area (Å²) < 4.78 is 52.0. The maximum Gasteiger partial charge on any atom is 0.407 e. The Hall–Kier alpha value is -7.70. The zero-order valence-electron chi connectivity index (χ0n) is 67.5. The number of carbonyl (C=O) groups is 8. The first-order valence-corrected chi connectivity index (χ1v) is 44.4. The summed E-state index contributed by atoms with van der Waals surface area (Å²) in [5.74, 6) is -3.69. The molecule has 0 spiro atoms. The largest absolute Gasteiger partial charge is 0.480 e. The zero-order chi connectivity index (χ0) is 83.3. The van der Waals surface area contributed by atoms with Crippen LogP contribution in [0.2, 0.25) is 0 Å². The van der Waals surface area contributed by atoms with Crippen LogP contribution in [0.5, 0.6) is 0 Å². The first-order valence-electron chi connectivity index (χ1n) is 38.2. The van der Waals surface area contributed by atoms with Crippen molar-refractivity contribution in [1.82, 2.24) is 36.0 Å². The number of hydrogen-bond acceptors (Lipinski definition) is 22. The van der Waals surface area contributed by atoms with Crippen LogP contribution in [-0.4, -0.2) is 321 Å². The van der Waals surface area contributed by atoms with Crippen LogP contribution in [0.25, 0.3) is 32.7 Å². The second kappa shape index (κ2) is 63.6. The molecule has 0 bridgehead atoms. The number of carboxylic acids is 3. The van der Waals surface area contributed by atoms with Crippen molar-refractivity contribution in [3.63, 3.8) is 0 Å². The van der Waals surface area contributed by atoms with Crippen LogP contribution >= 0.6 is 26.6 Å². The predicted octanol–water partition coefficient (Wildman–Crippen LogP) is 10.1. The number of amides is 4. The molecule has 4 amide bonds. The number of carbonyl (C=O) groups excluding carboxylic acids is 5. The van der Waals surface area contributed by atoms with Crippen molar-refractivity contribution in [3.05, 3.63) is 130 Å². The lowest BCUT2D eigenvalue weighted by molar-refractivity contribution is -0.140. The molecule has 7 rings (SSSR count). The Labute approximate surface area is 673 Å². The fourth-order valence-corrected chi connectivity index (χ4v) is 11.7. The molecule has 113 heavy (non-hydrogen) atoms. The van der Waals surface area contributed by atoms with Gasteiger partial charge in [-0.3, -0.25) is 43.5 Å². The van der Waals surface area contributed by atoms with Gasteiger partial charge in [0.2, 0.25) is 17.7 Å². The van der Waals surface area contributed by atoms with Crippen molar-refractivity contribution < 1.29 is 96.3 Å². The fourth-order valence-electron chi connectivity index (χ4n) is 10.9. The number of nitrogens with zero attached hydrogens (tertiary/aromatic N) is 7. The van der Waals surface area contributed by atoms with Crippen LogP contribution in [0.1, 0.15) is 87.0 Å². The van der Waals surface area contributed by atoms with Crippen molar-refractivity contribution in [2.24, 2.45) is 9.86 Å². The van der Waals surface area contributed by atoms with Gasteiger partial charge < -0.3 is 84.0 Å². The Morgan fingerprint density at radius 2 is 0.788 bits per heavy atom. The van der Waals surface area contributed by atoms with E-state index in [2.05, 4.69) is 125 Å². The molecule has 34 heteroatoms. The number of azide groups is 1. The molecular weight excluding hydrogens is 1520 g/mol. The highest BCUT2D eigenvalue weighted by atomic mass is 35.5. The van der Waals surface area contributed by atoms with Gasteiger partial charge in [-0.05, 0) is 129 Å². The number of halogens is 1. The van der Waals surface area contributed by atoms with E-state index in [4.69, 9.17) is 75.1 Å². The molecule has 0 atom stereocenters. The topological polar surface area (TPSA) is 399 Å². The monoisotopic (exact) mass is 1640 g/mol. The molecule has 632 valence electrons. The quantitative estimate of drug-likeness (QED) is 0.00539. The molecule has 1 saturated heterocycles. The van der Waals surface area contributed by atoms with Crippen molar-refractivity contribution in [2.45, 2.75) is 64.7 Å². The minimum atomic E-state index is -1.15. The van der Waals surface area contributed by atoms with Gasteiger partial charge in [0.1, 0.15) is 13.2 Å². The van der Waals surface area contributed by atoms with E-state index in [1.807, 2.05) is 69.3 Å². The van der Waals surface area contributed by atoms with E-state index >= 15 is 0 Å². The number of benzene rings is 4. The maximum atomic E-state index is 12.2. The van der Waals surface area contributed by atoms with E-state index < -0.39 is 36.5 Å². The summed E-state index contributed by atoms with van der Waals surface area (Å²) in [6.07, 6.45) is 4.79. The lowest BCUT2D eigenvalue weighted by Gasteiger charge is -2.19. The van der Waals surface area contributed by atoms with E-state index in [9.17, 15) is 38.4 Å². The Morgan fingerprint density at radius 3 is 1.09 bits per heavy atom. The van der Waals surface area contributed by atoms with Gasteiger partial charge in [0.15, 0.2) is 0 Å². The molecule has 4 aromatic carbocycles. The van der Waals surface area contributed by atoms with Gasteiger partial charge in [-0.1, -0.05) is 123 Å². The third-order valence-electron chi connectivity index (χ3n) is 15.8. The molecule has 1 aliphatic heterocycles. The third kappa shape index (κ3) is 50.3. The van der Waals surface area contributed by atoms with Crippen molar-refractivity contribution in [3.8, 4) is 22.3 Å². The van der Waals surface area contributed by atoms with Crippen LogP contribution in [0, 0.1) is 0 Å². The standard InChI is InChI=1S/C28H37N3O7.C16H34N3O5P.C15H11ClO2.C13H25N5O5.C4H8O.C3H9P/c1-2-14-36-15-11-29-26(32)18-31(19-27(33)34)13-17-37-16-12-30-28(35)38-20-25-23-9-5-3-7-21(23)22-8-4-6-10-24(22)25;1-5-9-23-10-6-17-15(20)13-19(14-16(21)22)8-12-24-11-7-18-25(2,3)4;16-15(17)18-9-14-12-7-3-1-5-10(12)11-6-2-4-8-13(11)14;1-2-6-22-7-3-15-12(19)10-18(11-13(20)21)5-9-23-8-4-16-17-14;1-2-4-5-3-1;1-4(2)3/h3-10,25H,2,11-20H2,1H3,(H,29,32)(H,30,35)(H,33,34);5-14H2,1-4H3,(H,17,20)(H,21,22);1-8,14H,9H2;2-11H2,1H3,(H,15,19)(H,20,21);1-4H2;1-3H3. The number of fused-ring (bicyclic) bond motifs is 6. The first kappa shape index (κ1) is 101. The highest BCUT2D eigenvalue weighted by molar-refractivity contribution is 7.64. The summed E-state index contributed by atoms with van der Waals surface area (Å²) in [6, 6.07) is 32.7. The molecule has 1 fully saturated rings. The number of hydrogen-bond donors (Lipinski definition) is 7. The van der Waals surface area contributed by atoms with Crippen LogP contribution in [0.4, 0.5) is 9.59 Å². The number of nitrogens with one attached hydrogen (secondary N) is 4. The van der Waals surface area contributed by atoms with Crippen molar-refractivity contribution in [1.29, 1.82) is 0 Å². The van der Waals surface area contributed by atoms with E-state index in [1.54, 1.807) is 4.90 Å². The highest BCUT2D eigenvalue weighted by Crippen LogP contribution is 2.46. The molecule has 0 unspecified atom stereocenters. The van der Waals surface area contributed by atoms with Gasteiger partial charge in [0, 0.05) is 114 Å². The molecule has 31 nitrogen and oxygen atoms in total. The summed E-state index contributed by atoms with van der Waals surface area (Å²) >= 11 is 5.25. The predicted molar refractivity (Wildman–Crippen MR) is 442 cm³/mol. The van der Waals surface area contributed by atoms with Crippen LogP contribution in [-0.2, 0) is 71.4 Å². The molecular formula is C79H124ClN11O20P2. The van der Waals surface area contributed by atoms with Gasteiger partial charge >= 0.3 is 29.4 Å². The average Bonchev–Trinajstić information content (AvgIpc) is 1.63. The second-order valence-electron chi connectivity index (χ2n) is 27.0. The third-order valence-corrected chi connectivity index (χ3v) is 16.9. The molecule has 7 N–H and O–H groups in total. The SMILES string of the molecule is C1CCOC1.CCCOCCNC(=O)CN(CCOCCN=P(C)(C)C)CC(=O)O.CCCOCCNC(=O)CN(CCOCCN=[N+]=[N-])CC(=O)O.CCCOCCNC(=O)CN(CCOCCNC(=O)OCC1c2ccccc2-c2ccccc21)CC(=O)O.CP(C)C.O=C(Cl)OCC1c2ccccc2-c2ccccc21. The summed E-state index contributed by atoms with van der Waals surface area (Å²) in [5.41, 5.74) is 16.8. The number of alkyl carbamates (subject to hydrolysis) is 1. The second-order valence-corrected chi connectivity index (χ2v) is 34.1. The summed E-state index contributed by atoms with van der Waals surface area (Å²) in [7, 11) is -0.766. The van der Waals surface area contributed by atoms with Gasteiger partial charge in [-0.15, -0.1) is 7.92 Å². The zero-order valence-corrected chi connectivity index (χ0v) is 70.1. The molecule has 3 aliphatic rings. The Bertz CT molecular complexity index is 3370. The maximum absolute atomic E-state index is 12.2. The molecule has 0 saturated carbocycles. The van der Waals surface area contributed by atoms with E-state index in [-0.39, 0.29) is 128 Å². The summed E-state index contributed by atoms with van der Waals surface area (Å²) in [6.45, 7) is 29.2. The van der Waals surface area contributed by atoms with E-state index in [0.717, 1.165) is 43.6 Å². The minimum absolute atomic E-state index is 0.00862. The fraction of sp³-hybridized carbons (Fsp3) is 0.595. The van der Waals surface area contributed by atoms with Gasteiger partial charge in [0.25, 0.3) is 0 Å². The van der Waals surface area contributed by atoms with Crippen molar-refractivity contribution >= 4 is 73.7 Å². The van der Waals surface area contributed by atoms with Gasteiger partial charge in [0.05, 0.1) is 105 Å². The van der Waals surface area contributed by atoms with Crippen LogP contribution < -0.4 is 21.3 Å². The number of rotatable bonds is 49. The number of aliphatic carboxylic acids is 3. The number of ether oxygens (including phenoxy) is 9. The van der Waals surface area contributed by atoms with Crippen molar-refractivity contribution in [2.75, 3.05) is 244 Å². The smallest absolute Gasteiger partial charge is 0.407 e. The minimum Gasteiger partial charge on any atom is -0.480 e. The Kier molecular flexibility index (Phi) is 57.0. The van der Waals surface area contributed by atoms with Gasteiger partial charge in [-0.2, -0.15) is 0 Å². The lowest BCUT2D eigenvalue weighted by atomic mass is 9.98. The van der Waals surface area contributed by atoms with E-state index in [0.29, 0.717) is 100 Å². The highest BCUT2D eigenvalue weighted by Gasteiger charge is 2.31. The average molecular weight is 1650 g/mol. The molecule has 4 aromatic rings. The molecule has 2 aliphatic carbocycles.